The van der Waals surface area contributed by atoms with E-state index in [9.17, 15) is 0 Å². The molecule has 2 aliphatic heterocycles. The topological polar surface area (TPSA) is 42.7 Å². The molecule has 0 radical (unpaired) electrons. The summed E-state index contributed by atoms with van der Waals surface area (Å²) >= 11 is 2.09. The fraction of sp³-hybridized carbons (Fsp3) is 0.625. The number of nitrogens with one attached hydrogen (secondary N) is 1. The van der Waals surface area contributed by atoms with Crippen LogP contribution in [0.4, 0.5) is 0 Å². The summed E-state index contributed by atoms with van der Waals surface area (Å²) < 4.78 is 2.43. The number of hydrogen-bond acceptors (Lipinski definition) is 4. The first-order valence-electron chi connectivity index (χ1n) is 8.01. The summed E-state index contributed by atoms with van der Waals surface area (Å²) in [6, 6.07) is 4.10. The largest absolute Gasteiger partial charge is 0.317 e. The predicted octanol–water partition coefficient (Wildman–Crippen LogP) is 2.65. The van der Waals surface area contributed by atoms with E-state index in [2.05, 4.69) is 32.7 Å². The Balaban J connectivity index is 1.72. The lowest BCUT2D eigenvalue weighted by atomic mass is 9.97. The average Bonchev–Trinajstić information content (AvgIpc) is 3.17. The van der Waals surface area contributed by atoms with Gasteiger partial charge in [0.25, 0.3) is 0 Å². The van der Waals surface area contributed by atoms with Gasteiger partial charge in [-0.25, -0.2) is 9.97 Å². The zero-order valence-electron chi connectivity index (χ0n) is 12.3. The van der Waals surface area contributed by atoms with Gasteiger partial charge in [-0.2, -0.15) is 11.8 Å². The lowest BCUT2D eigenvalue weighted by Gasteiger charge is -2.24. The number of thioether (sulfide) groups is 1. The minimum atomic E-state index is 0.592. The van der Waals surface area contributed by atoms with E-state index >= 15 is 0 Å². The van der Waals surface area contributed by atoms with Crippen molar-refractivity contribution in [2.75, 3.05) is 24.6 Å². The molecule has 4 nitrogen and oxygen atoms in total. The minimum Gasteiger partial charge on any atom is -0.317 e. The van der Waals surface area contributed by atoms with Gasteiger partial charge in [-0.1, -0.05) is 0 Å². The van der Waals surface area contributed by atoms with Gasteiger partial charge in [0.15, 0.2) is 5.65 Å². The van der Waals surface area contributed by atoms with Gasteiger partial charge < -0.3 is 9.88 Å². The van der Waals surface area contributed by atoms with Crippen LogP contribution >= 0.6 is 11.8 Å². The van der Waals surface area contributed by atoms with E-state index < -0.39 is 0 Å². The Morgan fingerprint density at radius 2 is 2.19 bits per heavy atom. The minimum absolute atomic E-state index is 0.592. The highest BCUT2D eigenvalue weighted by molar-refractivity contribution is 7.99. The number of fused-ring (bicyclic) bond motifs is 1. The van der Waals surface area contributed by atoms with Crippen LogP contribution in [-0.2, 0) is 6.54 Å². The molecule has 0 saturated carbocycles. The third kappa shape index (κ3) is 2.69. The van der Waals surface area contributed by atoms with Gasteiger partial charge in [-0.05, 0) is 61.9 Å². The molecule has 4 rings (SSSR count). The van der Waals surface area contributed by atoms with Crippen molar-refractivity contribution in [3.63, 3.8) is 0 Å². The van der Waals surface area contributed by atoms with Crippen LogP contribution in [0.2, 0.25) is 0 Å². The van der Waals surface area contributed by atoms with Gasteiger partial charge in [0, 0.05) is 18.7 Å². The molecule has 4 heterocycles. The summed E-state index contributed by atoms with van der Waals surface area (Å²) in [4.78, 5) is 9.56. The van der Waals surface area contributed by atoms with Gasteiger partial charge in [0.1, 0.15) is 11.3 Å². The van der Waals surface area contributed by atoms with Crippen molar-refractivity contribution < 1.29 is 0 Å². The highest BCUT2D eigenvalue weighted by Gasteiger charge is 2.25. The number of aromatic nitrogens is 3. The van der Waals surface area contributed by atoms with Gasteiger partial charge in [0.05, 0.1) is 0 Å². The van der Waals surface area contributed by atoms with Crippen molar-refractivity contribution in [1.29, 1.82) is 0 Å². The molecule has 0 amide bonds. The van der Waals surface area contributed by atoms with E-state index in [1.807, 2.05) is 12.3 Å². The van der Waals surface area contributed by atoms with Crippen LogP contribution < -0.4 is 5.32 Å². The Bertz CT molecular complexity index is 612. The highest BCUT2D eigenvalue weighted by atomic mass is 32.2. The average molecular weight is 302 g/mol. The molecule has 1 atom stereocenters. The molecular formula is C16H22N4S. The van der Waals surface area contributed by atoms with Crippen LogP contribution in [0.15, 0.2) is 18.3 Å². The molecule has 2 fully saturated rings. The third-order valence-corrected chi connectivity index (χ3v) is 5.93. The Hall–Kier alpha value is -1.07. The molecule has 2 aliphatic rings. The van der Waals surface area contributed by atoms with Gasteiger partial charge in [-0.15, -0.1) is 0 Å². The molecule has 2 aromatic heterocycles. The quantitative estimate of drug-likeness (QED) is 0.946. The molecule has 21 heavy (non-hydrogen) atoms. The van der Waals surface area contributed by atoms with Crippen LogP contribution in [0, 0.1) is 5.92 Å². The first-order valence-corrected chi connectivity index (χ1v) is 9.17. The molecule has 1 unspecified atom stereocenters. The number of nitrogens with zero attached hydrogens (tertiary/aromatic N) is 3. The molecular weight excluding hydrogens is 280 g/mol. The smallest absolute Gasteiger partial charge is 0.160 e. The van der Waals surface area contributed by atoms with Crippen LogP contribution in [0.5, 0.6) is 0 Å². The maximum absolute atomic E-state index is 4.94. The van der Waals surface area contributed by atoms with Gasteiger partial charge in [-0.3, -0.25) is 0 Å². The van der Waals surface area contributed by atoms with Crippen LogP contribution in [0.1, 0.15) is 31.0 Å². The third-order valence-electron chi connectivity index (χ3n) is 4.70. The fourth-order valence-corrected chi connectivity index (χ4v) is 4.81. The Labute approximate surface area is 129 Å². The van der Waals surface area contributed by atoms with E-state index in [0.29, 0.717) is 5.92 Å². The highest BCUT2D eigenvalue weighted by Crippen LogP contribution is 2.31. The summed E-state index contributed by atoms with van der Waals surface area (Å²) in [5.41, 5.74) is 2.15. The molecule has 5 heteroatoms. The molecule has 0 bridgehead atoms. The zero-order valence-corrected chi connectivity index (χ0v) is 13.1. The number of pyridine rings is 1. The summed E-state index contributed by atoms with van der Waals surface area (Å²) in [6.07, 6.45) is 5.63. The second-order valence-electron chi connectivity index (χ2n) is 6.18. The van der Waals surface area contributed by atoms with E-state index in [1.165, 1.54) is 36.6 Å². The monoisotopic (exact) mass is 302 g/mol. The van der Waals surface area contributed by atoms with Gasteiger partial charge >= 0.3 is 0 Å². The second-order valence-corrected chi connectivity index (χ2v) is 7.33. The van der Waals surface area contributed by atoms with E-state index in [0.717, 1.165) is 36.7 Å². The molecule has 112 valence electrons. The normalized spacial score (nSPS) is 23.9. The zero-order chi connectivity index (χ0) is 14.1. The molecule has 0 aromatic carbocycles. The maximum atomic E-state index is 4.94. The van der Waals surface area contributed by atoms with Crippen molar-refractivity contribution >= 4 is 22.9 Å². The standard InChI is InChI=1S/C16H22N4S/c1-2-14-16(18-6-1)20(10-12-5-9-21-11-12)15(19-14)13-3-7-17-8-4-13/h1-2,6,12-13,17H,3-5,7-11H2. The van der Waals surface area contributed by atoms with Crippen molar-refractivity contribution in [2.24, 2.45) is 5.92 Å². The Morgan fingerprint density at radius 1 is 1.29 bits per heavy atom. The summed E-state index contributed by atoms with van der Waals surface area (Å²) in [5.74, 6) is 5.26. The van der Waals surface area contributed by atoms with Crippen molar-refractivity contribution in [1.82, 2.24) is 19.9 Å². The second kappa shape index (κ2) is 5.97. The fourth-order valence-electron chi connectivity index (χ4n) is 3.53. The van der Waals surface area contributed by atoms with Crippen LogP contribution in [0.25, 0.3) is 11.2 Å². The van der Waals surface area contributed by atoms with Crippen molar-refractivity contribution in [2.45, 2.75) is 31.7 Å². The van der Waals surface area contributed by atoms with Crippen LogP contribution in [0.3, 0.4) is 0 Å². The maximum Gasteiger partial charge on any atom is 0.160 e. The first kappa shape index (κ1) is 13.6. The van der Waals surface area contributed by atoms with E-state index in [1.54, 1.807) is 0 Å². The number of piperidine rings is 1. The number of hydrogen-bond donors (Lipinski definition) is 1. The lowest BCUT2D eigenvalue weighted by molar-refractivity contribution is 0.413. The predicted molar refractivity (Wildman–Crippen MR) is 87.8 cm³/mol. The van der Waals surface area contributed by atoms with Gasteiger partial charge in [0.2, 0.25) is 0 Å². The molecule has 2 aromatic rings. The Kier molecular flexibility index (Phi) is 3.86. The van der Waals surface area contributed by atoms with E-state index in [4.69, 9.17) is 4.98 Å². The van der Waals surface area contributed by atoms with Crippen molar-refractivity contribution in [3.05, 3.63) is 24.2 Å². The SMILES string of the molecule is c1cnc2c(c1)nc(C1CCNCC1)n2CC1CCSC1. The summed E-state index contributed by atoms with van der Waals surface area (Å²) in [7, 11) is 0. The summed E-state index contributed by atoms with van der Waals surface area (Å²) in [5, 5.41) is 3.45. The van der Waals surface area contributed by atoms with E-state index in [-0.39, 0.29) is 0 Å². The molecule has 0 aliphatic carbocycles. The van der Waals surface area contributed by atoms with Crippen LogP contribution in [-0.4, -0.2) is 39.1 Å². The summed E-state index contributed by atoms with van der Waals surface area (Å²) in [6.45, 7) is 3.32. The molecule has 1 N–H and O–H groups in total. The van der Waals surface area contributed by atoms with Crippen molar-refractivity contribution in [3.8, 4) is 0 Å². The lowest BCUT2D eigenvalue weighted by Crippen LogP contribution is -2.28. The molecule has 0 spiro atoms. The molecule has 2 saturated heterocycles. The number of rotatable bonds is 3. The first-order chi connectivity index (χ1) is 10.4. The Morgan fingerprint density at radius 3 is 3.00 bits per heavy atom. The number of imidazole rings is 1.